The number of likely N-dealkylation sites (N-methyl/N-ethyl adjacent to an activating group) is 1. The van der Waals surface area contributed by atoms with E-state index in [2.05, 4.69) is 5.32 Å². The second kappa shape index (κ2) is 6.50. The number of halogens is 2. The zero-order valence-electron chi connectivity index (χ0n) is 10.6. The fourth-order valence-corrected chi connectivity index (χ4v) is 2.72. The van der Waals surface area contributed by atoms with Crippen LogP contribution in [0.3, 0.4) is 0 Å². The summed E-state index contributed by atoms with van der Waals surface area (Å²) in [6, 6.07) is 4.82. The van der Waals surface area contributed by atoms with Crippen LogP contribution in [0, 0.1) is 11.7 Å². The van der Waals surface area contributed by atoms with Gasteiger partial charge in [-0.15, -0.1) is 0 Å². The number of rotatable bonds is 4. The maximum absolute atomic E-state index is 13.2. The maximum Gasteiger partial charge on any atom is 0.123 e. The minimum Gasteiger partial charge on any atom is -0.381 e. The summed E-state index contributed by atoms with van der Waals surface area (Å²) in [5.74, 6) is 0.243. The van der Waals surface area contributed by atoms with Crippen LogP contribution >= 0.6 is 11.6 Å². The van der Waals surface area contributed by atoms with Crippen molar-refractivity contribution in [1.82, 2.24) is 5.32 Å². The van der Waals surface area contributed by atoms with Crippen molar-refractivity contribution in [3.05, 3.63) is 34.6 Å². The van der Waals surface area contributed by atoms with Crippen LogP contribution in [0.25, 0.3) is 0 Å². The van der Waals surface area contributed by atoms with Gasteiger partial charge in [-0.25, -0.2) is 4.39 Å². The molecule has 18 heavy (non-hydrogen) atoms. The Bertz CT molecular complexity index is 393. The summed E-state index contributed by atoms with van der Waals surface area (Å²) >= 11 is 6.11. The van der Waals surface area contributed by atoms with E-state index in [1.54, 1.807) is 6.07 Å². The number of nitrogens with one attached hydrogen (secondary N) is 1. The third-order valence-corrected chi connectivity index (χ3v) is 3.95. The van der Waals surface area contributed by atoms with E-state index in [0.717, 1.165) is 38.0 Å². The molecule has 0 aromatic heterocycles. The van der Waals surface area contributed by atoms with Crippen molar-refractivity contribution in [3.63, 3.8) is 0 Å². The second-order valence-corrected chi connectivity index (χ2v) is 5.22. The molecule has 1 N–H and O–H groups in total. The average molecular weight is 272 g/mol. The van der Waals surface area contributed by atoms with E-state index in [4.69, 9.17) is 16.3 Å². The quantitative estimate of drug-likeness (QED) is 0.909. The zero-order chi connectivity index (χ0) is 13.0. The van der Waals surface area contributed by atoms with Gasteiger partial charge in [0.25, 0.3) is 0 Å². The molecule has 1 aliphatic heterocycles. The number of hydrogen-bond donors (Lipinski definition) is 1. The second-order valence-electron chi connectivity index (χ2n) is 4.81. The first kappa shape index (κ1) is 13.8. The smallest absolute Gasteiger partial charge is 0.123 e. The highest BCUT2D eigenvalue weighted by Crippen LogP contribution is 2.24. The summed E-state index contributed by atoms with van der Waals surface area (Å²) < 4.78 is 18.7. The first-order valence-electron chi connectivity index (χ1n) is 6.39. The topological polar surface area (TPSA) is 21.3 Å². The fourth-order valence-electron chi connectivity index (χ4n) is 2.52. The van der Waals surface area contributed by atoms with Crippen LogP contribution in [-0.2, 0) is 11.2 Å². The molecule has 1 aliphatic rings. The molecule has 0 aliphatic carbocycles. The van der Waals surface area contributed by atoms with Crippen molar-refractivity contribution in [3.8, 4) is 0 Å². The molecule has 2 unspecified atom stereocenters. The normalized spacial score (nSPS) is 21.8. The predicted octanol–water partition coefficient (Wildman–Crippen LogP) is 3.04. The highest BCUT2D eigenvalue weighted by atomic mass is 35.5. The van der Waals surface area contributed by atoms with Gasteiger partial charge in [-0.05, 0) is 56.0 Å². The van der Waals surface area contributed by atoms with E-state index in [-0.39, 0.29) is 11.9 Å². The van der Waals surface area contributed by atoms with E-state index in [9.17, 15) is 4.39 Å². The zero-order valence-corrected chi connectivity index (χ0v) is 11.3. The Balaban J connectivity index is 2.06. The summed E-state index contributed by atoms with van der Waals surface area (Å²) in [7, 11) is 1.94. The third kappa shape index (κ3) is 3.44. The molecule has 2 nitrogen and oxygen atoms in total. The number of ether oxygens (including phenoxy) is 1. The Hall–Kier alpha value is -0.640. The van der Waals surface area contributed by atoms with Crippen LogP contribution in [0.2, 0.25) is 5.02 Å². The molecule has 0 spiro atoms. The molecule has 100 valence electrons. The van der Waals surface area contributed by atoms with E-state index in [0.29, 0.717) is 10.9 Å². The van der Waals surface area contributed by atoms with Crippen molar-refractivity contribution < 1.29 is 9.13 Å². The molecule has 1 aromatic rings. The predicted molar refractivity (Wildman–Crippen MR) is 71.5 cm³/mol. The largest absolute Gasteiger partial charge is 0.381 e. The molecular formula is C14H19ClFNO. The third-order valence-electron chi connectivity index (χ3n) is 3.58. The summed E-state index contributed by atoms with van der Waals surface area (Å²) in [4.78, 5) is 0. The Morgan fingerprint density at radius 3 is 3.06 bits per heavy atom. The summed E-state index contributed by atoms with van der Waals surface area (Å²) in [6.07, 6.45) is 2.99. The molecule has 0 radical (unpaired) electrons. The average Bonchev–Trinajstić information content (AvgIpc) is 2.41. The highest BCUT2D eigenvalue weighted by molar-refractivity contribution is 6.31. The van der Waals surface area contributed by atoms with E-state index >= 15 is 0 Å². The van der Waals surface area contributed by atoms with Crippen molar-refractivity contribution in [2.75, 3.05) is 20.3 Å². The molecule has 4 heteroatoms. The first-order valence-corrected chi connectivity index (χ1v) is 6.77. The fraction of sp³-hybridized carbons (Fsp3) is 0.571. The van der Waals surface area contributed by atoms with Crippen molar-refractivity contribution in [2.45, 2.75) is 25.3 Å². The van der Waals surface area contributed by atoms with E-state index in [1.807, 2.05) is 7.05 Å². The Morgan fingerprint density at radius 2 is 2.39 bits per heavy atom. The van der Waals surface area contributed by atoms with Crippen molar-refractivity contribution in [2.24, 2.45) is 5.92 Å². The molecule has 2 atom stereocenters. The lowest BCUT2D eigenvalue weighted by Crippen LogP contribution is -2.39. The minimum absolute atomic E-state index is 0.232. The van der Waals surface area contributed by atoms with Gasteiger partial charge in [0, 0.05) is 17.7 Å². The number of hydrogen-bond acceptors (Lipinski definition) is 2. The van der Waals surface area contributed by atoms with Crippen LogP contribution in [0.15, 0.2) is 18.2 Å². The van der Waals surface area contributed by atoms with E-state index < -0.39 is 0 Å². The maximum atomic E-state index is 13.2. The highest BCUT2D eigenvalue weighted by Gasteiger charge is 2.23. The summed E-state index contributed by atoms with van der Waals surface area (Å²) in [6.45, 7) is 1.63. The van der Waals surface area contributed by atoms with Gasteiger partial charge in [0.05, 0.1) is 6.61 Å². The minimum atomic E-state index is -0.232. The standard InChI is InChI=1S/C14H19ClFNO/c1-17-14(10-3-2-6-18-9-10)8-11-7-12(16)4-5-13(11)15/h4-5,7,10,14,17H,2-3,6,8-9H2,1H3. The van der Waals surface area contributed by atoms with Gasteiger partial charge in [0.15, 0.2) is 0 Å². The SMILES string of the molecule is CNC(Cc1cc(F)ccc1Cl)C1CCCOC1. The van der Waals surface area contributed by atoms with Crippen LogP contribution in [0.1, 0.15) is 18.4 Å². The lowest BCUT2D eigenvalue weighted by atomic mass is 9.89. The number of benzene rings is 1. The molecular weight excluding hydrogens is 253 g/mol. The van der Waals surface area contributed by atoms with Gasteiger partial charge in [-0.3, -0.25) is 0 Å². The van der Waals surface area contributed by atoms with Crippen LogP contribution < -0.4 is 5.32 Å². The van der Waals surface area contributed by atoms with E-state index in [1.165, 1.54) is 12.1 Å². The van der Waals surface area contributed by atoms with Gasteiger partial charge in [-0.2, -0.15) is 0 Å². The molecule has 1 fully saturated rings. The molecule has 1 heterocycles. The molecule has 1 saturated heterocycles. The molecule has 2 rings (SSSR count). The molecule has 0 saturated carbocycles. The van der Waals surface area contributed by atoms with Gasteiger partial charge in [-0.1, -0.05) is 11.6 Å². The van der Waals surface area contributed by atoms with Gasteiger partial charge in [0.2, 0.25) is 0 Å². The summed E-state index contributed by atoms with van der Waals surface area (Å²) in [5.41, 5.74) is 0.863. The van der Waals surface area contributed by atoms with Crippen LogP contribution in [0.4, 0.5) is 4.39 Å². The van der Waals surface area contributed by atoms with Crippen LogP contribution in [0.5, 0.6) is 0 Å². The van der Waals surface area contributed by atoms with Crippen molar-refractivity contribution >= 4 is 11.6 Å². The van der Waals surface area contributed by atoms with Gasteiger partial charge in [0.1, 0.15) is 5.82 Å². The van der Waals surface area contributed by atoms with Gasteiger partial charge >= 0.3 is 0 Å². The Morgan fingerprint density at radius 1 is 1.56 bits per heavy atom. The Labute approximate surface area is 112 Å². The van der Waals surface area contributed by atoms with Crippen LogP contribution in [-0.4, -0.2) is 26.3 Å². The molecule has 0 amide bonds. The van der Waals surface area contributed by atoms with Gasteiger partial charge < -0.3 is 10.1 Å². The van der Waals surface area contributed by atoms with Crippen molar-refractivity contribution in [1.29, 1.82) is 0 Å². The molecule has 1 aromatic carbocycles. The Kier molecular flexibility index (Phi) is 4.98. The monoisotopic (exact) mass is 271 g/mol. The first-order chi connectivity index (χ1) is 8.70. The summed E-state index contributed by atoms with van der Waals surface area (Å²) in [5, 5.41) is 3.94. The molecule has 0 bridgehead atoms. The lowest BCUT2D eigenvalue weighted by Gasteiger charge is -2.30. The lowest BCUT2D eigenvalue weighted by molar-refractivity contribution is 0.0405.